The van der Waals surface area contributed by atoms with Gasteiger partial charge < -0.3 is 10.5 Å². The molecule has 1 aromatic heterocycles. The SMILES string of the molecule is Nc1nnc(-c2ccccc2OCc2ccccc2)s1. The van der Waals surface area contributed by atoms with Gasteiger partial charge in [-0.2, -0.15) is 0 Å². The highest BCUT2D eigenvalue weighted by Gasteiger charge is 2.10. The molecule has 1 heterocycles. The van der Waals surface area contributed by atoms with E-state index in [1.807, 2.05) is 54.6 Å². The molecule has 0 aliphatic rings. The third-order valence-corrected chi connectivity index (χ3v) is 3.58. The summed E-state index contributed by atoms with van der Waals surface area (Å²) in [6.07, 6.45) is 0. The number of nitrogens with two attached hydrogens (primary N) is 1. The lowest BCUT2D eigenvalue weighted by Gasteiger charge is -2.09. The number of nitrogens with zero attached hydrogens (tertiary/aromatic N) is 2. The van der Waals surface area contributed by atoms with Crippen molar-refractivity contribution >= 4 is 16.5 Å². The minimum atomic E-state index is 0.456. The van der Waals surface area contributed by atoms with Crippen LogP contribution in [0.2, 0.25) is 0 Å². The lowest BCUT2D eigenvalue weighted by atomic mass is 10.2. The first-order valence-corrected chi connectivity index (χ1v) is 7.00. The smallest absolute Gasteiger partial charge is 0.203 e. The Morgan fingerprint density at radius 1 is 0.950 bits per heavy atom. The van der Waals surface area contributed by atoms with Crippen LogP contribution in [0.1, 0.15) is 5.56 Å². The van der Waals surface area contributed by atoms with E-state index >= 15 is 0 Å². The number of nitrogen functional groups attached to an aromatic ring is 1. The fourth-order valence-electron chi connectivity index (χ4n) is 1.85. The normalized spacial score (nSPS) is 10.4. The molecule has 3 rings (SSSR count). The highest BCUT2D eigenvalue weighted by atomic mass is 32.1. The minimum Gasteiger partial charge on any atom is -0.488 e. The Labute approximate surface area is 120 Å². The van der Waals surface area contributed by atoms with Crippen LogP contribution in [0.3, 0.4) is 0 Å². The molecule has 100 valence electrons. The van der Waals surface area contributed by atoms with Crippen LogP contribution in [-0.2, 0) is 6.61 Å². The van der Waals surface area contributed by atoms with Gasteiger partial charge in [0.25, 0.3) is 0 Å². The molecule has 20 heavy (non-hydrogen) atoms. The Hall–Kier alpha value is -2.40. The molecule has 0 saturated carbocycles. The molecule has 0 spiro atoms. The molecule has 0 bridgehead atoms. The van der Waals surface area contributed by atoms with Crippen molar-refractivity contribution in [3.05, 3.63) is 60.2 Å². The largest absolute Gasteiger partial charge is 0.488 e. The number of aromatic nitrogens is 2. The molecular formula is C15H13N3OS. The minimum absolute atomic E-state index is 0.456. The molecular weight excluding hydrogens is 270 g/mol. The number of para-hydroxylation sites is 1. The second-order valence-electron chi connectivity index (χ2n) is 4.22. The van der Waals surface area contributed by atoms with E-state index in [9.17, 15) is 0 Å². The standard InChI is InChI=1S/C15H13N3OS/c16-15-18-17-14(20-15)12-8-4-5-9-13(12)19-10-11-6-2-1-3-7-11/h1-9H,10H2,(H2,16,18). The Bertz CT molecular complexity index is 697. The topological polar surface area (TPSA) is 61.0 Å². The van der Waals surface area contributed by atoms with Crippen molar-refractivity contribution in [1.29, 1.82) is 0 Å². The van der Waals surface area contributed by atoms with Gasteiger partial charge in [0, 0.05) is 0 Å². The van der Waals surface area contributed by atoms with Crippen LogP contribution in [0.25, 0.3) is 10.6 Å². The summed E-state index contributed by atoms with van der Waals surface area (Å²) in [4.78, 5) is 0. The van der Waals surface area contributed by atoms with Gasteiger partial charge in [0.2, 0.25) is 5.13 Å². The first-order chi connectivity index (χ1) is 9.83. The highest BCUT2D eigenvalue weighted by Crippen LogP contribution is 2.32. The van der Waals surface area contributed by atoms with Crippen molar-refractivity contribution in [1.82, 2.24) is 10.2 Å². The van der Waals surface area contributed by atoms with Gasteiger partial charge in [0.15, 0.2) is 5.01 Å². The predicted octanol–water partition coefficient (Wildman–Crippen LogP) is 3.37. The van der Waals surface area contributed by atoms with Gasteiger partial charge in [-0.15, -0.1) is 10.2 Å². The summed E-state index contributed by atoms with van der Waals surface area (Å²) in [6, 6.07) is 17.8. The zero-order chi connectivity index (χ0) is 13.8. The summed E-state index contributed by atoms with van der Waals surface area (Å²) in [5, 5.41) is 9.13. The van der Waals surface area contributed by atoms with Gasteiger partial charge >= 0.3 is 0 Å². The van der Waals surface area contributed by atoms with Gasteiger partial charge in [-0.25, -0.2) is 0 Å². The number of rotatable bonds is 4. The van der Waals surface area contributed by atoms with Gasteiger partial charge in [-0.05, 0) is 17.7 Å². The summed E-state index contributed by atoms with van der Waals surface area (Å²) >= 11 is 1.35. The monoisotopic (exact) mass is 283 g/mol. The van der Waals surface area contributed by atoms with Crippen molar-refractivity contribution < 1.29 is 4.74 Å². The molecule has 0 aliphatic heterocycles. The maximum absolute atomic E-state index is 5.88. The van der Waals surface area contributed by atoms with E-state index in [0.717, 1.165) is 21.9 Å². The maximum Gasteiger partial charge on any atom is 0.203 e. The van der Waals surface area contributed by atoms with Crippen molar-refractivity contribution in [3.63, 3.8) is 0 Å². The lowest BCUT2D eigenvalue weighted by molar-refractivity contribution is 0.307. The Balaban J connectivity index is 1.83. The Kier molecular flexibility index (Phi) is 3.60. The molecule has 2 N–H and O–H groups in total. The van der Waals surface area contributed by atoms with Crippen molar-refractivity contribution in [3.8, 4) is 16.3 Å². The summed E-state index contributed by atoms with van der Waals surface area (Å²) in [6.45, 7) is 0.520. The zero-order valence-electron chi connectivity index (χ0n) is 10.7. The zero-order valence-corrected chi connectivity index (χ0v) is 11.5. The molecule has 0 saturated heterocycles. The summed E-state index contributed by atoms with van der Waals surface area (Å²) in [5.74, 6) is 0.785. The van der Waals surface area contributed by atoms with Crippen LogP contribution in [-0.4, -0.2) is 10.2 Å². The summed E-state index contributed by atoms with van der Waals surface area (Å²) in [7, 11) is 0. The van der Waals surface area contributed by atoms with E-state index in [-0.39, 0.29) is 0 Å². The van der Waals surface area contributed by atoms with Crippen LogP contribution in [0.5, 0.6) is 5.75 Å². The number of ether oxygens (including phenoxy) is 1. The van der Waals surface area contributed by atoms with Crippen LogP contribution < -0.4 is 10.5 Å². The van der Waals surface area contributed by atoms with E-state index in [1.165, 1.54) is 11.3 Å². The van der Waals surface area contributed by atoms with Crippen molar-refractivity contribution in [2.45, 2.75) is 6.61 Å². The molecule has 3 aromatic rings. The maximum atomic E-state index is 5.88. The number of hydrogen-bond acceptors (Lipinski definition) is 5. The van der Waals surface area contributed by atoms with E-state index in [2.05, 4.69) is 10.2 Å². The third kappa shape index (κ3) is 2.78. The molecule has 0 unspecified atom stereocenters. The van der Waals surface area contributed by atoms with Gasteiger partial charge in [0.05, 0.1) is 5.56 Å². The Morgan fingerprint density at radius 2 is 1.70 bits per heavy atom. The molecule has 0 aliphatic carbocycles. The van der Waals surface area contributed by atoms with E-state index in [1.54, 1.807) is 0 Å². The quantitative estimate of drug-likeness (QED) is 0.797. The lowest BCUT2D eigenvalue weighted by Crippen LogP contribution is -1.96. The number of anilines is 1. The van der Waals surface area contributed by atoms with E-state index in [4.69, 9.17) is 10.5 Å². The fourth-order valence-corrected chi connectivity index (χ4v) is 2.49. The molecule has 5 heteroatoms. The van der Waals surface area contributed by atoms with Crippen LogP contribution in [0.15, 0.2) is 54.6 Å². The molecule has 2 aromatic carbocycles. The second-order valence-corrected chi connectivity index (χ2v) is 5.22. The molecule has 0 atom stereocenters. The van der Waals surface area contributed by atoms with E-state index < -0.39 is 0 Å². The van der Waals surface area contributed by atoms with Crippen LogP contribution >= 0.6 is 11.3 Å². The van der Waals surface area contributed by atoms with Crippen molar-refractivity contribution in [2.24, 2.45) is 0 Å². The van der Waals surface area contributed by atoms with E-state index in [0.29, 0.717) is 11.7 Å². The second kappa shape index (κ2) is 5.71. The predicted molar refractivity (Wildman–Crippen MR) is 80.5 cm³/mol. The summed E-state index contributed by atoms with van der Waals surface area (Å²) < 4.78 is 5.88. The molecule has 0 fully saturated rings. The average Bonchev–Trinajstić information content (AvgIpc) is 2.93. The third-order valence-electron chi connectivity index (χ3n) is 2.80. The van der Waals surface area contributed by atoms with Crippen LogP contribution in [0, 0.1) is 0 Å². The van der Waals surface area contributed by atoms with Gasteiger partial charge in [-0.3, -0.25) is 0 Å². The van der Waals surface area contributed by atoms with Gasteiger partial charge in [0.1, 0.15) is 12.4 Å². The first-order valence-electron chi connectivity index (χ1n) is 6.18. The number of hydrogen-bond donors (Lipinski definition) is 1. The highest BCUT2D eigenvalue weighted by molar-refractivity contribution is 7.18. The van der Waals surface area contributed by atoms with Crippen LogP contribution in [0.4, 0.5) is 5.13 Å². The molecule has 4 nitrogen and oxygen atoms in total. The van der Waals surface area contributed by atoms with Crippen molar-refractivity contribution in [2.75, 3.05) is 5.73 Å². The summed E-state index contributed by atoms with van der Waals surface area (Å²) in [5.41, 5.74) is 7.67. The number of benzene rings is 2. The molecule has 0 amide bonds. The molecule has 0 radical (unpaired) electrons. The fraction of sp³-hybridized carbons (Fsp3) is 0.0667. The Morgan fingerprint density at radius 3 is 2.45 bits per heavy atom. The van der Waals surface area contributed by atoms with Gasteiger partial charge in [-0.1, -0.05) is 53.8 Å². The first kappa shape index (κ1) is 12.6. The average molecular weight is 283 g/mol.